The molecule has 2 heterocycles. The highest BCUT2D eigenvalue weighted by molar-refractivity contribution is 6.14. The SMILES string of the molecule is CC1(C)c2ccccc2-c2c(N(c3ccc(-c4ccccc4)cc3)c3ccc(-c4ccc5c(c4)c4cc6c(cc4n5-c4ccccc4)Oc4cccc5cccc-6c45)cc3)cccc21. The van der Waals surface area contributed by atoms with Gasteiger partial charge in [0.1, 0.15) is 11.5 Å². The number of aromatic nitrogens is 1. The van der Waals surface area contributed by atoms with Crippen molar-refractivity contribution in [3.8, 4) is 61.7 Å². The Morgan fingerprint density at radius 2 is 1.02 bits per heavy atom. The maximum atomic E-state index is 6.69. The second-order valence-corrected chi connectivity index (χ2v) is 17.7. The third kappa shape index (κ3) is 5.47. The average Bonchev–Trinajstić information content (AvgIpc) is 3.79. The predicted molar refractivity (Wildman–Crippen MR) is 267 cm³/mol. The van der Waals surface area contributed by atoms with Crippen LogP contribution in [0.2, 0.25) is 0 Å². The van der Waals surface area contributed by atoms with Gasteiger partial charge < -0.3 is 14.2 Å². The van der Waals surface area contributed by atoms with Crippen molar-refractivity contribution in [2.45, 2.75) is 19.3 Å². The maximum Gasteiger partial charge on any atom is 0.137 e. The largest absolute Gasteiger partial charge is 0.456 e. The fourth-order valence-corrected chi connectivity index (χ4v) is 10.7. The lowest BCUT2D eigenvalue weighted by atomic mass is 9.82. The van der Waals surface area contributed by atoms with Gasteiger partial charge in [-0.2, -0.15) is 0 Å². The first-order valence-corrected chi connectivity index (χ1v) is 22.2. The summed E-state index contributed by atoms with van der Waals surface area (Å²) in [5.74, 6) is 1.78. The molecule has 302 valence electrons. The van der Waals surface area contributed by atoms with Gasteiger partial charge in [-0.25, -0.2) is 0 Å². The zero-order valence-electron chi connectivity index (χ0n) is 35.6. The first-order chi connectivity index (χ1) is 31.5. The van der Waals surface area contributed by atoms with Crippen molar-refractivity contribution in [1.82, 2.24) is 4.57 Å². The van der Waals surface area contributed by atoms with E-state index in [1.54, 1.807) is 0 Å². The van der Waals surface area contributed by atoms with E-state index in [9.17, 15) is 0 Å². The summed E-state index contributed by atoms with van der Waals surface area (Å²) in [4.78, 5) is 2.44. The van der Waals surface area contributed by atoms with Crippen molar-refractivity contribution in [2.75, 3.05) is 4.90 Å². The molecule has 0 fully saturated rings. The van der Waals surface area contributed by atoms with Crippen LogP contribution in [-0.2, 0) is 5.41 Å². The van der Waals surface area contributed by atoms with Crippen LogP contribution >= 0.6 is 0 Å². The minimum absolute atomic E-state index is 0.110. The lowest BCUT2D eigenvalue weighted by molar-refractivity contribution is 0.487. The van der Waals surface area contributed by atoms with Gasteiger partial charge in [0.15, 0.2) is 0 Å². The number of anilines is 3. The molecule has 3 heteroatoms. The summed E-state index contributed by atoms with van der Waals surface area (Å²) in [6.45, 7) is 4.70. The Kier molecular flexibility index (Phi) is 7.95. The van der Waals surface area contributed by atoms with E-state index in [1.165, 1.54) is 71.7 Å². The zero-order valence-corrected chi connectivity index (χ0v) is 35.6. The second-order valence-electron chi connectivity index (χ2n) is 17.7. The Hall–Kier alpha value is -8.14. The van der Waals surface area contributed by atoms with E-state index in [1.807, 2.05) is 0 Å². The van der Waals surface area contributed by atoms with Crippen LogP contribution in [-0.4, -0.2) is 4.57 Å². The Morgan fingerprint density at radius 1 is 0.422 bits per heavy atom. The van der Waals surface area contributed by atoms with Crippen LogP contribution in [0.1, 0.15) is 25.0 Å². The van der Waals surface area contributed by atoms with Crippen LogP contribution in [0.3, 0.4) is 0 Å². The third-order valence-corrected chi connectivity index (χ3v) is 13.8. The van der Waals surface area contributed by atoms with Gasteiger partial charge in [0, 0.05) is 55.8 Å². The topological polar surface area (TPSA) is 17.4 Å². The number of benzene rings is 10. The van der Waals surface area contributed by atoms with Crippen LogP contribution in [0.15, 0.2) is 218 Å². The van der Waals surface area contributed by atoms with E-state index in [-0.39, 0.29) is 5.41 Å². The molecule has 3 nitrogen and oxygen atoms in total. The van der Waals surface area contributed by atoms with Crippen molar-refractivity contribution >= 4 is 49.6 Å². The van der Waals surface area contributed by atoms with Gasteiger partial charge in [0.05, 0.1) is 16.7 Å². The lowest BCUT2D eigenvalue weighted by Gasteiger charge is -2.29. The van der Waals surface area contributed by atoms with Crippen LogP contribution in [0, 0.1) is 0 Å². The molecular weight excluding hydrogens is 777 g/mol. The molecule has 0 N–H and O–H groups in total. The standard InChI is InChI=1S/C61H42N2O/c1-61(2)52-22-10-9-20-48(52)60-53(61)23-13-24-55(60)62(45-31-26-40(27-32-45)39-14-5-3-6-15-39)46-33-28-41(29-34-46)43-30-35-54-49(36-43)50-37-51-47-21-11-16-42-17-12-25-57(59(42)47)64-58(51)38-56(50)63(54)44-18-7-4-8-19-44/h3-38H,1-2H3. The molecule has 0 bridgehead atoms. The number of rotatable bonds is 6. The summed E-state index contributed by atoms with van der Waals surface area (Å²) >= 11 is 0. The maximum absolute atomic E-state index is 6.69. The van der Waals surface area contributed by atoms with Gasteiger partial charge >= 0.3 is 0 Å². The molecular formula is C61H42N2O. The number of hydrogen-bond acceptors (Lipinski definition) is 2. The van der Waals surface area contributed by atoms with Crippen molar-refractivity contribution in [1.29, 1.82) is 0 Å². The number of nitrogens with zero attached hydrogens (tertiary/aromatic N) is 2. The Morgan fingerprint density at radius 3 is 1.78 bits per heavy atom. The van der Waals surface area contributed by atoms with Crippen LogP contribution in [0.5, 0.6) is 11.5 Å². The molecule has 0 amide bonds. The fourth-order valence-electron chi connectivity index (χ4n) is 10.7. The number of hydrogen-bond donors (Lipinski definition) is 0. The summed E-state index contributed by atoms with van der Waals surface area (Å²) in [7, 11) is 0. The van der Waals surface area contributed by atoms with Crippen molar-refractivity contribution in [3.63, 3.8) is 0 Å². The number of ether oxygens (including phenoxy) is 1. The molecule has 0 saturated carbocycles. The molecule has 11 aromatic rings. The van der Waals surface area contributed by atoms with Gasteiger partial charge in [-0.3, -0.25) is 0 Å². The van der Waals surface area contributed by atoms with Crippen LogP contribution in [0.4, 0.5) is 17.1 Å². The molecule has 13 rings (SSSR count). The summed E-state index contributed by atoms with van der Waals surface area (Å²) in [6, 6.07) is 79.6. The molecule has 1 aliphatic heterocycles. The highest BCUT2D eigenvalue weighted by Gasteiger charge is 2.37. The summed E-state index contributed by atoms with van der Waals surface area (Å²) in [6.07, 6.45) is 0. The highest BCUT2D eigenvalue weighted by Crippen LogP contribution is 2.55. The number of para-hydroxylation sites is 1. The molecule has 64 heavy (non-hydrogen) atoms. The van der Waals surface area contributed by atoms with E-state index >= 15 is 0 Å². The fraction of sp³-hybridized carbons (Fsp3) is 0.0492. The minimum atomic E-state index is -0.110. The van der Waals surface area contributed by atoms with Crippen molar-refractivity contribution in [3.05, 3.63) is 230 Å². The highest BCUT2D eigenvalue weighted by atomic mass is 16.5. The normalized spacial score (nSPS) is 13.1. The molecule has 0 spiro atoms. The van der Waals surface area contributed by atoms with Crippen molar-refractivity contribution in [2.24, 2.45) is 0 Å². The molecule has 1 aromatic heterocycles. The first kappa shape index (κ1) is 36.5. The zero-order chi connectivity index (χ0) is 42.5. The van der Waals surface area contributed by atoms with Gasteiger partial charge in [0.2, 0.25) is 0 Å². The molecule has 10 aromatic carbocycles. The van der Waals surface area contributed by atoms with Gasteiger partial charge in [0.25, 0.3) is 0 Å². The van der Waals surface area contributed by atoms with E-state index in [2.05, 4.69) is 242 Å². The molecule has 0 radical (unpaired) electrons. The van der Waals surface area contributed by atoms with Gasteiger partial charge in [-0.15, -0.1) is 0 Å². The van der Waals surface area contributed by atoms with E-state index in [4.69, 9.17) is 4.74 Å². The Balaban J connectivity index is 0.960. The summed E-state index contributed by atoms with van der Waals surface area (Å²) in [5, 5.41) is 4.75. The predicted octanol–water partition coefficient (Wildman–Crippen LogP) is 16.8. The van der Waals surface area contributed by atoms with Crippen molar-refractivity contribution < 1.29 is 4.74 Å². The summed E-state index contributed by atoms with van der Waals surface area (Å²) in [5.41, 5.74) is 19.1. The third-order valence-electron chi connectivity index (χ3n) is 13.8. The average molecular weight is 819 g/mol. The quantitative estimate of drug-likeness (QED) is 0.166. The Labute approximate surface area is 372 Å². The molecule has 2 aliphatic rings. The van der Waals surface area contributed by atoms with E-state index in [0.717, 1.165) is 50.7 Å². The molecule has 0 unspecified atom stereocenters. The number of fused-ring (bicyclic) bond motifs is 8. The van der Waals surface area contributed by atoms with Crippen LogP contribution in [0.25, 0.3) is 82.8 Å². The first-order valence-electron chi connectivity index (χ1n) is 22.2. The second kappa shape index (κ2) is 13.9. The smallest absolute Gasteiger partial charge is 0.137 e. The summed E-state index contributed by atoms with van der Waals surface area (Å²) < 4.78 is 9.07. The van der Waals surface area contributed by atoms with Gasteiger partial charge in [-0.1, -0.05) is 159 Å². The molecule has 0 saturated heterocycles. The molecule has 0 atom stereocenters. The van der Waals surface area contributed by atoms with Gasteiger partial charge in [-0.05, 0) is 117 Å². The molecule has 1 aliphatic carbocycles. The monoisotopic (exact) mass is 818 g/mol. The minimum Gasteiger partial charge on any atom is -0.456 e. The lowest BCUT2D eigenvalue weighted by Crippen LogP contribution is -2.16. The van der Waals surface area contributed by atoms with E-state index in [0.29, 0.717) is 0 Å². The van der Waals surface area contributed by atoms with E-state index < -0.39 is 0 Å². The van der Waals surface area contributed by atoms with Crippen LogP contribution < -0.4 is 9.64 Å². The Bertz CT molecular complexity index is 3630.